The topological polar surface area (TPSA) is 83.5 Å². The van der Waals surface area contributed by atoms with E-state index in [4.69, 9.17) is 4.74 Å². The molecule has 1 heterocycles. The van der Waals surface area contributed by atoms with Crippen molar-refractivity contribution in [3.63, 3.8) is 0 Å². The zero-order valence-corrected chi connectivity index (χ0v) is 12.7. The van der Waals surface area contributed by atoms with E-state index in [2.05, 4.69) is 15.5 Å². The first-order chi connectivity index (χ1) is 11.7. The molecule has 24 heavy (non-hydrogen) atoms. The van der Waals surface area contributed by atoms with Crippen LogP contribution in [0.25, 0.3) is 10.9 Å². The Hall–Kier alpha value is -3.41. The number of carbonyl (C=O) groups is 1. The molecule has 0 radical (unpaired) electrons. The van der Waals surface area contributed by atoms with E-state index in [1.165, 1.54) is 6.21 Å². The van der Waals surface area contributed by atoms with Crippen molar-refractivity contribution >= 4 is 23.0 Å². The fraction of sp³-hybridized carbons (Fsp3) is 0.0556. The first kappa shape index (κ1) is 15.5. The maximum absolute atomic E-state index is 11.9. The van der Waals surface area contributed by atoms with Gasteiger partial charge in [0.25, 0.3) is 11.5 Å². The van der Waals surface area contributed by atoms with Crippen LogP contribution in [0.3, 0.4) is 0 Å². The third-order valence-corrected chi connectivity index (χ3v) is 3.29. The molecule has 1 amide bonds. The van der Waals surface area contributed by atoms with E-state index >= 15 is 0 Å². The molecule has 0 aliphatic heterocycles. The van der Waals surface area contributed by atoms with Crippen LogP contribution in [-0.2, 0) is 4.79 Å². The van der Waals surface area contributed by atoms with Gasteiger partial charge in [-0.3, -0.25) is 9.59 Å². The SMILES string of the molecule is O=C(COc1ccccc1)N/N=C\c1cc2ccccc2[nH]c1=O. The molecule has 0 bridgehead atoms. The second-order valence-electron chi connectivity index (χ2n) is 5.04. The summed E-state index contributed by atoms with van der Waals surface area (Å²) in [5, 5.41) is 4.68. The van der Waals surface area contributed by atoms with E-state index in [-0.39, 0.29) is 12.2 Å². The minimum absolute atomic E-state index is 0.157. The van der Waals surface area contributed by atoms with Gasteiger partial charge in [0.05, 0.1) is 11.8 Å². The maximum Gasteiger partial charge on any atom is 0.277 e. The van der Waals surface area contributed by atoms with E-state index in [1.807, 2.05) is 42.5 Å². The number of rotatable bonds is 5. The normalized spacial score (nSPS) is 10.8. The second-order valence-corrected chi connectivity index (χ2v) is 5.04. The second kappa shape index (κ2) is 7.23. The van der Waals surface area contributed by atoms with Crippen LogP contribution in [0.1, 0.15) is 5.56 Å². The van der Waals surface area contributed by atoms with Gasteiger partial charge in [-0.1, -0.05) is 36.4 Å². The molecule has 0 aliphatic carbocycles. The van der Waals surface area contributed by atoms with Crippen molar-refractivity contribution in [3.05, 3.63) is 76.6 Å². The number of fused-ring (bicyclic) bond motifs is 1. The first-order valence-electron chi connectivity index (χ1n) is 7.34. The summed E-state index contributed by atoms with van der Waals surface area (Å²) in [6.45, 7) is -0.157. The zero-order valence-electron chi connectivity index (χ0n) is 12.7. The number of para-hydroxylation sites is 2. The summed E-state index contributed by atoms with van der Waals surface area (Å²) >= 11 is 0. The van der Waals surface area contributed by atoms with Crippen LogP contribution < -0.4 is 15.7 Å². The number of aromatic amines is 1. The van der Waals surface area contributed by atoms with Crippen LogP contribution >= 0.6 is 0 Å². The van der Waals surface area contributed by atoms with Gasteiger partial charge in [-0.25, -0.2) is 5.43 Å². The molecule has 0 unspecified atom stereocenters. The number of hydrogen-bond acceptors (Lipinski definition) is 4. The summed E-state index contributed by atoms with van der Waals surface area (Å²) in [5.74, 6) is 0.190. The number of amides is 1. The maximum atomic E-state index is 11.9. The van der Waals surface area contributed by atoms with Crippen LogP contribution in [0.4, 0.5) is 0 Å². The number of benzene rings is 2. The monoisotopic (exact) mass is 321 g/mol. The number of carbonyl (C=O) groups excluding carboxylic acids is 1. The summed E-state index contributed by atoms with van der Waals surface area (Å²) in [6, 6.07) is 18.1. The molecule has 1 aromatic heterocycles. The van der Waals surface area contributed by atoms with Crippen LogP contribution in [0, 0.1) is 0 Å². The van der Waals surface area contributed by atoms with Crippen molar-refractivity contribution in [3.8, 4) is 5.75 Å². The third kappa shape index (κ3) is 3.86. The van der Waals surface area contributed by atoms with Crippen molar-refractivity contribution in [2.45, 2.75) is 0 Å². The van der Waals surface area contributed by atoms with Gasteiger partial charge in [0, 0.05) is 5.52 Å². The Morgan fingerprint density at radius 1 is 1.12 bits per heavy atom. The highest BCUT2D eigenvalue weighted by Gasteiger charge is 2.02. The lowest BCUT2D eigenvalue weighted by Gasteiger charge is -2.04. The quantitative estimate of drug-likeness (QED) is 0.557. The molecule has 0 saturated heterocycles. The molecule has 0 saturated carbocycles. The number of hydrazone groups is 1. The summed E-state index contributed by atoms with van der Waals surface area (Å²) in [7, 11) is 0. The molecule has 3 rings (SSSR count). The van der Waals surface area contributed by atoms with Gasteiger partial charge < -0.3 is 9.72 Å². The van der Waals surface area contributed by atoms with Crippen molar-refractivity contribution < 1.29 is 9.53 Å². The lowest BCUT2D eigenvalue weighted by atomic mass is 10.2. The smallest absolute Gasteiger partial charge is 0.277 e. The van der Waals surface area contributed by atoms with E-state index < -0.39 is 5.91 Å². The van der Waals surface area contributed by atoms with Crippen LogP contribution in [0.2, 0.25) is 0 Å². The third-order valence-electron chi connectivity index (χ3n) is 3.29. The Bertz CT molecular complexity index is 933. The Labute approximate surface area is 137 Å². The lowest BCUT2D eigenvalue weighted by Crippen LogP contribution is -2.25. The van der Waals surface area contributed by atoms with Gasteiger partial charge in [-0.2, -0.15) is 5.10 Å². The largest absolute Gasteiger partial charge is 0.484 e. The molecule has 2 N–H and O–H groups in total. The molecule has 0 spiro atoms. The Balaban J connectivity index is 1.60. The molecule has 2 aromatic carbocycles. The Morgan fingerprint density at radius 3 is 2.71 bits per heavy atom. The van der Waals surface area contributed by atoms with E-state index in [0.717, 1.165) is 10.9 Å². The molecule has 6 heteroatoms. The Morgan fingerprint density at radius 2 is 1.88 bits per heavy atom. The molecule has 0 aliphatic rings. The number of nitrogens with zero attached hydrogens (tertiary/aromatic N) is 1. The van der Waals surface area contributed by atoms with Gasteiger partial charge in [-0.05, 0) is 29.7 Å². The molecule has 6 nitrogen and oxygen atoms in total. The minimum atomic E-state index is -0.410. The average molecular weight is 321 g/mol. The molecule has 120 valence electrons. The van der Waals surface area contributed by atoms with Gasteiger partial charge >= 0.3 is 0 Å². The van der Waals surface area contributed by atoms with Crippen molar-refractivity contribution in [1.29, 1.82) is 0 Å². The van der Waals surface area contributed by atoms with Crippen LogP contribution in [0.15, 0.2) is 70.6 Å². The van der Waals surface area contributed by atoms with Gasteiger partial charge in [-0.15, -0.1) is 0 Å². The summed E-state index contributed by atoms with van der Waals surface area (Å²) in [5.41, 5.74) is 3.17. The van der Waals surface area contributed by atoms with E-state index in [0.29, 0.717) is 11.3 Å². The number of nitrogens with one attached hydrogen (secondary N) is 2. The number of pyridine rings is 1. The predicted octanol–water partition coefficient (Wildman–Crippen LogP) is 2.06. The fourth-order valence-electron chi connectivity index (χ4n) is 2.13. The van der Waals surface area contributed by atoms with E-state index in [1.54, 1.807) is 18.2 Å². The highest BCUT2D eigenvalue weighted by atomic mass is 16.5. The zero-order chi connectivity index (χ0) is 16.8. The van der Waals surface area contributed by atoms with Crippen molar-refractivity contribution in [1.82, 2.24) is 10.4 Å². The molecule has 0 atom stereocenters. The number of aromatic nitrogens is 1. The van der Waals surface area contributed by atoms with Crippen molar-refractivity contribution in [2.75, 3.05) is 6.61 Å². The average Bonchev–Trinajstić information content (AvgIpc) is 2.61. The number of H-pyrrole nitrogens is 1. The predicted molar refractivity (Wildman–Crippen MR) is 92.2 cm³/mol. The van der Waals surface area contributed by atoms with E-state index in [9.17, 15) is 9.59 Å². The lowest BCUT2D eigenvalue weighted by molar-refractivity contribution is -0.123. The molecule has 3 aromatic rings. The number of hydrogen-bond donors (Lipinski definition) is 2. The van der Waals surface area contributed by atoms with Gasteiger partial charge in [0.1, 0.15) is 5.75 Å². The van der Waals surface area contributed by atoms with Gasteiger partial charge in [0.2, 0.25) is 0 Å². The Kier molecular flexibility index (Phi) is 4.67. The highest BCUT2D eigenvalue weighted by Crippen LogP contribution is 2.09. The first-order valence-corrected chi connectivity index (χ1v) is 7.34. The number of ether oxygens (including phenoxy) is 1. The van der Waals surface area contributed by atoms with Crippen LogP contribution in [-0.4, -0.2) is 23.7 Å². The molecular weight excluding hydrogens is 306 g/mol. The minimum Gasteiger partial charge on any atom is -0.484 e. The van der Waals surface area contributed by atoms with Gasteiger partial charge in [0.15, 0.2) is 6.61 Å². The van der Waals surface area contributed by atoms with Crippen molar-refractivity contribution in [2.24, 2.45) is 5.10 Å². The molecule has 0 fully saturated rings. The standard InChI is InChI=1S/C18H15N3O3/c22-17(12-24-15-7-2-1-3-8-15)21-19-11-14-10-13-6-4-5-9-16(13)20-18(14)23/h1-11H,12H2,(H,20,23)(H,21,22)/b19-11-. The summed E-state index contributed by atoms with van der Waals surface area (Å²) < 4.78 is 5.30. The van der Waals surface area contributed by atoms with Crippen LogP contribution in [0.5, 0.6) is 5.75 Å². The highest BCUT2D eigenvalue weighted by molar-refractivity contribution is 5.88. The summed E-state index contributed by atoms with van der Waals surface area (Å²) in [6.07, 6.45) is 1.31. The fourth-order valence-corrected chi connectivity index (χ4v) is 2.13. The summed E-state index contributed by atoms with van der Waals surface area (Å²) in [4.78, 5) is 26.4. The molecular formula is C18H15N3O3.